The number of hydrogen-bond acceptors (Lipinski definition) is 3. The van der Waals surface area contributed by atoms with Crippen LogP contribution in [0.2, 0.25) is 0 Å². The Morgan fingerprint density at radius 1 is 1.10 bits per heavy atom. The van der Waals surface area contributed by atoms with Crippen LogP contribution in [0.25, 0.3) is 0 Å². The van der Waals surface area contributed by atoms with Crippen LogP contribution in [0.15, 0.2) is 54.6 Å². The zero-order valence-electron chi connectivity index (χ0n) is 11.8. The average molecular weight is 303 g/mol. The molecule has 110 valence electrons. The van der Waals surface area contributed by atoms with Gasteiger partial charge >= 0.3 is 0 Å². The first-order valence-corrected chi connectivity index (χ1v) is 8.47. The Bertz CT molecular complexity index is 728. The van der Waals surface area contributed by atoms with Gasteiger partial charge in [-0.25, -0.2) is 8.42 Å². The van der Waals surface area contributed by atoms with Crippen molar-refractivity contribution in [3.63, 3.8) is 0 Å². The fourth-order valence-electron chi connectivity index (χ4n) is 2.47. The second-order valence-electron chi connectivity index (χ2n) is 5.17. The molecule has 2 aromatic rings. The first-order valence-electron chi connectivity index (χ1n) is 6.86. The number of fused-ring (bicyclic) bond motifs is 1. The number of para-hydroxylation sites is 2. The summed E-state index contributed by atoms with van der Waals surface area (Å²) in [7, 11) is -3.43. The van der Waals surface area contributed by atoms with E-state index in [2.05, 4.69) is 0 Å². The molecule has 1 aliphatic rings. The van der Waals surface area contributed by atoms with Crippen molar-refractivity contribution < 1.29 is 13.2 Å². The van der Waals surface area contributed by atoms with E-state index in [-0.39, 0.29) is 11.9 Å². The summed E-state index contributed by atoms with van der Waals surface area (Å²) in [5.41, 5.74) is 1.40. The number of rotatable bonds is 3. The van der Waals surface area contributed by atoms with Gasteiger partial charge in [-0.2, -0.15) is 0 Å². The highest BCUT2D eigenvalue weighted by molar-refractivity contribution is 7.92. The molecule has 1 aliphatic heterocycles. The summed E-state index contributed by atoms with van der Waals surface area (Å²) in [5, 5.41) is 0. The van der Waals surface area contributed by atoms with Gasteiger partial charge in [0.2, 0.25) is 10.0 Å². The normalized spacial score (nSPS) is 18.0. The topological polar surface area (TPSA) is 46.6 Å². The number of nitrogens with zero attached hydrogens (tertiary/aromatic N) is 1. The molecular formula is C16H17NO3S. The number of ether oxygens (including phenoxy) is 1. The van der Waals surface area contributed by atoms with Gasteiger partial charge in [0.15, 0.2) is 0 Å². The molecule has 0 aliphatic carbocycles. The van der Waals surface area contributed by atoms with Gasteiger partial charge in [-0.1, -0.05) is 42.5 Å². The molecule has 0 bridgehead atoms. The van der Waals surface area contributed by atoms with E-state index in [1.165, 1.54) is 4.31 Å². The maximum absolute atomic E-state index is 12.7. The van der Waals surface area contributed by atoms with Crippen molar-refractivity contribution in [3.8, 4) is 5.75 Å². The van der Waals surface area contributed by atoms with Crippen LogP contribution in [-0.4, -0.2) is 21.1 Å². The van der Waals surface area contributed by atoms with E-state index in [0.29, 0.717) is 18.0 Å². The highest BCUT2D eigenvalue weighted by Crippen LogP contribution is 2.35. The molecular weight excluding hydrogens is 286 g/mol. The van der Waals surface area contributed by atoms with Crippen LogP contribution in [0.1, 0.15) is 12.5 Å². The largest absolute Gasteiger partial charge is 0.487 e. The summed E-state index contributed by atoms with van der Waals surface area (Å²) in [4.78, 5) is 0. The average Bonchev–Trinajstić information content (AvgIpc) is 2.47. The molecule has 0 saturated carbocycles. The Hall–Kier alpha value is -2.01. The smallest absolute Gasteiger partial charge is 0.239 e. The lowest BCUT2D eigenvalue weighted by atomic mass is 10.2. The second-order valence-corrected chi connectivity index (χ2v) is 7.06. The molecule has 0 spiro atoms. The molecule has 1 heterocycles. The first-order chi connectivity index (χ1) is 10.1. The number of sulfonamides is 1. The maximum Gasteiger partial charge on any atom is 0.239 e. The van der Waals surface area contributed by atoms with Crippen LogP contribution < -0.4 is 9.04 Å². The Labute approximate surface area is 125 Å². The van der Waals surface area contributed by atoms with Crippen molar-refractivity contribution in [1.29, 1.82) is 0 Å². The zero-order chi connectivity index (χ0) is 14.9. The van der Waals surface area contributed by atoms with E-state index in [1.54, 1.807) is 12.1 Å². The molecule has 2 aromatic carbocycles. The zero-order valence-corrected chi connectivity index (χ0v) is 12.6. The maximum atomic E-state index is 12.7. The van der Waals surface area contributed by atoms with Gasteiger partial charge in [0.05, 0.1) is 18.0 Å². The van der Waals surface area contributed by atoms with E-state index < -0.39 is 10.0 Å². The third kappa shape index (κ3) is 2.88. The lowest BCUT2D eigenvalue weighted by molar-refractivity contribution is 0.219. The molecule has 0 radical (unpaired) electrons. The van der Waals surface area contributed by atoms with Crippen LogP contribution in [0.4, 0.5) is 5.69 Å². The van der Waals surface area contributed by atoms with Crippen molar-refractivity contribution >= 4 is 15.7 Å². The molecule has 5 heteroatoms. The van der Waals surface area contributed by atoms with E-state index >= 15 is 0 Å². The highest BCUT2D eigenvalue weighted by atomic mass is 32.2. The Kier molecular flexibility index (Phi) is 3.59. The Balaban J connectivity index is 1.96. The summed E-state index contributed by atoms with van der Waals surface area (Å²) in [6, 6.07) is 16.5. The van der Waals surface area contributed by atoms with Gasteiger partial charge in [-0.15, -0.1) is 0 Å². The van der Waals surface area contributed by atoms with Gasteiger partial charge in [0.25, 0.3) is 0 Å². The monoisotopic (exact) mass is 303 g/mol. The quantitative estimate of drug-likeness (QED) is 0.876. The Morgan fingerprint density at radius 3 is 2.52 bits per heavy atom. The van der Waals surface area contributed by atoms with Crippen molar-refractivity contribution in [3.05, 3.63) is 60.2 Å². The molecule has 0 aromatic heterocycles. The predicted octanol–water partition coefficient (Wildman–Crippen LogP) is 2.80. The molecule has 1 atom stereocenters. The van der Waals surface area contributed by atoms with E-state index in [9.17, 15) is 8.42 Å². The van der Waals surface area contributed by atoms with Gasteiger partial charge in [-0.05, 0) is 24.6 Å². The third-order valence-electron chi connectivity index (χ3n) is 3.41. The minimum Gasteiger partial charge on any atom is -0.487 e. The van der Waals surface area contributed by atoms with Gasteiger partial charge in [0.1, 0.15) is 11.9 Å². The van der Waals surface area contributed by atoms with Crippen LogP contribution in [-0.2, 0) is 15.8 Å². The summed E-state index contributed by atoms with van der Waals surface area (Å²) in [5.74, 6) is 0.613. The molecule has 0 saturated heterocycles. The van der Waals surface area contributed by atoms with E-state index in [0.717, 1.165) is 5.56 Å². The summed E-state index contributed by atoms with van der Waals surface area (Å²) < 4.78 is 32.6. The van der Waals surface area contributed by atoms with Crippen LogP contribution in [0.5, 0.6) is 5.75 Å². The van der Waals surface area contributed by atoms with Crippen LogP contribution in [0.3, 0.4) is 0 Å². The lowest BCUT2D eigenvalue weighted by Crippen LogP contribution is -2.42. The number of benzene rings is 2. The second kappa shape index (κ2) is 5.41. The lowest BCUT2D eigenvalue weighted by Gasteiger charge is -2.34. The molecule has 4 nitrogen and oxygen atoms in total. The summed E-state index contributed by atoms with van der Waals surface area (Å²) >= 11 is 0. The van der Waals surface area contributed by atoms with Crippen LogP contribution >= 0.6 is 0 Å². The van der Waals surface area contributed by atoms with Crippen LogP contribution in [0, 0.1) is 0 Å². The number of anilines is 1. The van der Waals surface area contributed by atoms with Crippen molar-refractivity contribution in [2.24, 2.45) is 0 Å². The summed E-state index contributed by atoms with van der Waals surface area (Å²) in [6.07, 6.45) is -0.162. The molecule has 1 unspecified atom stereocenters. The fourth-order valence-corrected chi connectivity index (χ4v) is 4.13. The van der Waals surface area contributed by atoms with Gasteiger partial charge in [-0.3, -0.25) is 4.31 Å². The molecule has 0 amide bonds. The van der Waals surface area contributed by atoms with Gasteiger partial charge < -0.3 is 4.74 Å². The Morgan fingerprint density at radius 2 is 1.76 bits per heavy atom. The van der Waals surface area contributed by atoms with E-state index in [1.807, 2.05) is 49.4 Å². The van der Waals surface area contributed by atoms with Crippen molar-refractivity contribution in [2.75, 3.05) is 10.8 Å². The van der Waals surface area contributed by atoms with E-state index in [4.69, 9.17) is 4.74 Å². The standard InChI is InChI=1S/C16H17NO3S/c1-13-11-17(15-9-5-6-10-16(15)20-13)21(18,19)12-14-7-3-2-4-8-14/h2-10,13H,11-12H2,1H3. The molecule has 0 fully saturated rings. The van der Waals surface area contributed by atoms with Gasteiger partial charge in [0, 0.05) is 0 Å². The molecule has 0 N–H and O–H groups in total. The minimum absolute atomic E-state index is 0.00507. The molecule has 21 heavy (non-hydrogen) atoms. The highest BCUT2D eigenvalue weighted by Gasteiger charge is 2.31. The van der Waals surface area contributed by atoms with Crippen molar-refractivity contribution in [2.45, 2.75) is 18.8 Å². The predicted molar refractivity (Wildman–Crippen MR) is 82.9 cm³/mol. The minimum atomic E-state index is -3.43. The SMILES string of the molecule is CC1CN(S(=O)(=O)Cc2ccccc2)c2ccccc2O1. The fraction of sp³-hybridized carbons (Fsp3) is 0.250. The first kappa shape index (κ1) is 13.9. The summed E-state index contributed by atoms with van der Waals surface area (Å²) in [6.45, 7) is 2.22. The molecule has 3 rings (SSSR count). The third-order valence-corrected chi connectivity index (χ3v) is 5.13. The van der Waals surface area contributed by atoms with Crippen molar-refractivity contribution in [1.82, 2.24) is 0 Å². The number of hydrogen-bond donors (Lipinski definition) is 0.